The summed E-state index contributed by atoms with van der Waals surface area (Å²) in [5, 5.41) is 18.2. The first-order chi connectivity index (χ1) is 9.95. The molecule has 2 rings (SSSR count). The summed E-state index contributed by atoms with van der Waals surface area (Å²) in [6, 6.07) is 1.66. The summed E-state index contributed by atoms with van der Waals surface area (Å²) < 4.78 is 6.67. The fraction of sp³-hybridized carbons (Fsp3) is 0.583. The van der Waals surface area contributed by atoms with Crippen molar-refractivity contribution >= 4 is 23.6 Å². The molecule has 0 unspecified atom stereocenters. The number of carbonyl (C=O) groups excluding carboxylic acids is 1. The van der Waals surface area contributed by atoms with Crippen LogP contribution < -0.4 is 5.32 Å². The van der Waals surface area contributed by atoms with E-state index < -0.39 is 0 Å². The van der Waals surface area contributed by atoms with Crippen molar-refractivity contribution in [3.63, 3.8) is 0 Å². The van der Waals surface area contributed by atoms with Gasteiger partial charge < -0.3 is 4.52 Å². The minimum Gasteiger partial charge on any atom is -0.338 e. The molecule has 2 aromatic heterocycles. The Morgan fingerprint density at radius 1 is 1.48 bits per heavy atom. The second-order valence-electron chi connectivity index (χ2n) is 5.12. The second kappa shape index (κ2) is 6.70. The van der Waals surface area contributed by atoms with E-state index in [1.807, 2.05) is 0 Å². The Balaban J connectivity index is 1.96. The van der Waals surface area contributed by atoms with Gasteiger partial charge in [-0.3, -0.25) is 10.1 Å². The maximum atomic E-state index is 12.1. The molecular weight excluding hydrogens is 292 g/mol. The highest BCUT2D eigenvalue weighted by Crippen LogP contribution is 2.22. The molecule has 1 N–H and O–H groups in total. The minimum absolute atomic E-state index is 0.185. The third kappa shape index (κ3) is 4.28. The van der Waals surface area contributed by atoms with Gasteiger partial charge in [0.05, 0.1) is 10.9 Å². The van der Waals surface area contributed by atoms with Crippen LogP contribution >= 0.6 is 11.8 Å². The van der Waals surface area contributed by atoms with Crippen molar-refractivity contribution < 1.29 is 9.32 Å². The lowest BCUT2D eigenvalue weighted by Gasteiger charge is -2.10. The van der Waals surface area contributed by atoms with Gasteiger partial charge in [0, 0.05) is 12.6 Å². The van der Waals surface area contributed by atoms with E-state index in [-0.39, 0.29) is 11.2 Å². The summed E-state index contributed by atoms with van der Waals surface area (Å²) >= 11 is 1.31. The third-order valence-corrected chi connectivity index (χ3v) is 3.63. The van der Waals surface area contributed by atoms with Crippen LogP contribution in [0.4, 0.5) is 5.88 Å². The predicted molar refractivity (Wildman–Crippen MR) is 77.8 cm³/mol. The number of hydrogen-bond acceptors (Lipinski definition) is 7. The van der Waals surface area contributed by atoms with E-state index in [1.54, 1.807) is 24.6 Å². The van der Waals surface area contributed by atoms with Gasteiger partial charge in [-0.1, -0.05) is 30.8 Å². The summed E-state index contributed by atoms with van der Waals surface area (Å²) in [5.74, 6) is 0.580. The van der Waals surface area contributed by atoms with Gasteiger partial charge in [-0.2, -0.15) is 0 Å². The highest BCUT2D eigenvalue weighted by Gasteiger charge is 2.20. The second-order valence-corrected chi connectivity index (χ2v) is 6.43. The summed E-state index contributed by atoms with van der Waals surface area (Å²) in [5.41, 5.74) is 0.714. The molecule has 21 heavy (non-hydrogen) atoms. The topological polar surface area (TPSA) is 98.7 Å². The lowest BCUT2D eigenvalue weighted by molar-refractivity contribution is -0.115. The standard InChI is InChI=1S/C12H18N6O2S/c1-7(2)6-18-12(14-16-17-18)21-9(4)11(19)13-10-5-8(3)15-20-10/h5,7,9H,6H2,1-4H3,(H,13,19)/t9-/m1/s1. The van der Waals surface area contributed by atoms with Gasteiger partial charge in [0.2, 0.25) is 16.9 Å². The minimum atomic E-state index is -0.354. The van der Waals surface area contributed by atoms with Crippen molar-refractivity contribution in [2.45, 2.75) is 44.6 Å². The van der Waals surface area contributed by atoms with Crippen molar-refractivity contribution in [3.8, 4) is 0 Å². The molecule has 0 aliphatic carbocycles. The molecule has 0 aliphatic heterocycles. The summed E-state index contributed by atoms with van der Waals surface area (Å²) in [4.78, 5) is 12.1. The lowest BCUT2D eigenvalue weighted by Crippen LogP contribution is -2.23. The van der Waals surface area contributed by atoms with Crippen LogP contribution in [0, 0.1) is 12.8 Å². The number of carbonyl (C=O) groups is 1. The molecule has 0 spiro atoms. The monoisotopic (exact) mass is 310 g/mol. The Bertz CT molecular complexity index is 608. The molecule has 114 valence electrons. The largest absolute Gasteiger partial charge is 0.338 e. The van der Waals surface area contributed by atoms with Gasteiger partial charge >= 0.3 is 0 Å². The molecule has 0 aromatic carbocycles. The SMILES string of the molecule is Cc1cc(NC(=O)[C@@H](C)Sc2nnnn2CC(C)C)on1. The van der Waals surface area contributed by atoms with E-state index >= 15 is 0 Å². The average Bonchev–Trinajstić information content (AvgIpc) is 2.99. The zero-order valence-corrected chi connectivity index (χ0v) is 13.2. The molecule has 9 heteroatoms. The molecule has 0 fully saturated rings. The van der Waals surface area contributed by atoms with Gasteiger partial charge in [-0.05, 0) is 30.2 Å². The number of amides is 1. The number of tetrazole rings is 1. The molecule has 0 aliphatic rings. The van der Waals surface area contributed by atoms with Crippen LogP contribution in [0.1, 0.15) is 26.5 Å². The number of aryl methyl sites for hydroxylation is 1. The molecular formula is C12H18N6O2S. The van der Waals surface area contributed by atoms with Gasteiger partial charge in [-0.15, -0.1) is 5.10 Å². The molecule has 8 nitrogen and oxygen atoms in total. The highest BCUT2D eigenvalue weighted by atomic mass is 32.2. The number of hydrogen-bond donors (Lipinski definition) is 1. The van der Waals surface area contributed by atoms with Crippen LogP contribution in [0.2, 0.25) is 0 Å². The number of rotatable bonds is 6. The van der Waals surface area contributed by atoms with Crippen LogP contribution in [0.5, 0.6) is 0 Å². The summed E-state index contributed by atoms with van der Waals surface area (Å²) in [6.45, 7) is 8.46. The van der Waals surface area contributed by atoms with Crippen molar-refractivity contribution in [1.29, 1.82) is 0 Å². The fourth-order valence-electron chi connectivity index (χ4n) is 1.60. The van der Waals surface area contributed by atoms with Crippen LogP contribution in [-0.4, -0.2) is 36.5 Å². The normalized spacial score (nSPS) is 12.6. The van der Waals surface area contributed by atoms with Crippen LogP contribution in [0.15, 0.2) is 15.7 Å². The van der Waals surface area contributed by atoms with Crippen molar-refractivity contribution in [2.24, 2.45) is 5.92 Å². The van der Waals surface area contributed by atoms with Gasteiger partial charge in [0.15, 0.2) is 0 Å². The number of thioether (sulfide) groups is 1. The Hall–Kier alpha value is -1.90. The average molecular weight is 310 g/mol. The first-order valence-corrected chi connectivity index (χ1v) is 7.50. The van der Waals surface area contributed by atoms with E-state index in [4.69, 9.17) is 4.52 Å². The smallest absolute Gasteiger partial charge is 0.240 e. The van der Waals surface area contributed by atoms with Crippen molar-refractivity contribution in [1.82, 2.24) is 25.4 Å². The van der Waals surface area contributed by atoms with Crippen molar-refractivity contribution in [2.75, 3.05) is 5.32 Å². The zero-order chi connectivity index (χ0) is 15.4. The molecule has 0 radical (unpaired) electrons. The Morgan fingerprint density at radius 3 is 2.86 bits per heavy atom. The maximum absolute atomic E-state index is 12.1. The Kier molecular flexibility index (Phi) is 4.94. The quantitative estimate of drug-likeness (QED) is 0.811. The molecule has 0 bridgehead atoms. The Morgan fingerprint density at radius 2 is 2.24 bits per heavy atom. The zero-order valence-electron chi connectivity index (χ0n) is 12.4. The van der Waals surface area contributed by atoms with Gasteiger partial charge in [0.1, 0.15) is 0 Å². The van der Waals surface area contributed by atoms with E-state index in [2.05, 4.69) is 39.8 Å². The van der Waals surface area contributed by atoms with Gasteiger partial charge in [0.25, 0.3) is 0 Å². The molecule has 2 aromatic rings. The molecule has 0 saturated carbocycles. The van der Waals surface area contributed by atoms with Gasteiger partial charge in [-0.25, -0.2) is 4.68 Å². The summed E-state index contributed by atoms with van der Waals surface area (Å²) in [6.07, 6.45) is 0. The van der Waals surface area contributed by atoms with Crippen LogP contribution in [0.25, 0.3) is 0 Å². The molecule has 1 atom stereocenters. The number of anilines is 1. The highest BCUT2D eigenvalue weighted by molar-refractivity contribution is 8.00. The number of nitrogens with one attached hydrogen (secondary N) is 1. The first-order valence-electron chi connectivity index (χ1n) is 6.62. The van der Waals surface area contributed by atoms with E-state index in [1.165, 1.54) is 11.8 Å². The number of aromatic nitrogens is 5. The van der Waals surface area contributed by atoms with E-state index in [9.17, 15) is 4.79 Å². The van der Waals surface area contributed by atoms with E-state index in [0.29, 0.717) is 29.2 Å². The fourth-order valence-corrected chi connectivity index (χ4v) is 2.40. The number of nitrogens with zero attached hydrogens (tertiary/aromatic N) is 5. The Labute approximate surface area is 126 Å². The first kappa shape index (κ1) is 15.5. The van der Waals surface area contributed by atoms with Crippen LogP contribution in [0.3, 0.4) is 0 Å². The van der Waals surface area contributed by atoms with E-state index in [0.717, 1.165) is 0 Å². The molecule has 0 saturated heterocycles. The van der Waals surface area contributed by atoms with Crippen LogP contribution in [-0.2, 0) is 11.3 Å². The molecule has 2 heterocycles. The van der Waals surface area contributed by atoms with Crippen molar-refractivity contribution in [3.05, 3.63) is 11.8 Å². The lowest BCUT2D eigenvalue weighted by atomic mass is 10.2. The third-order valence-electron chi connectivity index (χ3n) is 2.56. The maximum Gasteiger partial charge on any atom is 0.240 e. The summed E-state index contributed by atoms with van der Waals surface area (Å²) in [7, 11) is 0. The predicted octanol–water partition coefficient (Wildman–Crippen LogP) is 1.74. The molecule has 1 amide bonds.